The maximum Gasteiger partial charge on any atom is 0.222 e. The molecular weight excluding hydrogens is 271 g/mol. The standard InChI is InChI=1S/C16H13FN2O2/c1-9-13(21-2)8-7-12-14(9)18-15(19-16(12)20)10-3-5-11(17)6-4-10/h3-8H,1-2H3,(H,18,19,20). The van der Waals surface area contributed by atoms with Crippen LogP contribution in [-0.2, 0) is 0 Å². The summed E-state index contributed by atoms with van der Waals surface area (Å²) in [5, 5.41) is 10.6. The van der Waals surface area contributed by atoms with E-state index in [9.17, 15) is 9.50 Å². The number of halogens is 1. The van der Waals surface area contributed by atoms with Crippen LogP contribution >= 0.6 is 0 Å². The molecule has 1 N–H and O–H groups in total. The Hall–Kier alpha value is -2.69. The number of aryl methyl sites for hydroxylation is 1. The van der Waals surface area contributed by atoms with Crippen molar-refractivity contribution in [3.8, 4) is 23.0 Å². The molecule has 0 aliphatic heterocycles. The fourth-order valence-electron chi connectivity index (χ4n) is 2.25. The maximum absolute atomic E-state index is 13.0. The number of rotatable bonds is 2. The van der Waals surface area contributed by atoms with Gasteiger partial charge in [0.1, 0.15) is 11.6 Å². The number of fused-ring (bicyclic) bond motifs is 1. The first-order valence-electron chi connectivity index (χ1n) is 6.40. The fourth-order valence-corrected chi connectivity index (χ4v) is 2.25. The molecule has 0 aliphatic carbocycles. The minimum absolute atomic E-state index is 0.106. The van der Waals surface area contributed by atoms with Crippen LogP contribution < -0.4 is 4.74 Å². The third-order valence-corrected chi connectivity index (χ3v) is 3.37. The van der Waals surface area contributed by atoms with E-state index in [1.165, 1.54) is 12.1 Å². The zero-order valence-electron chi connectivity index (χ0n) is 11.6. The molecule has 21 heavy (non-hydrogen) atoms. The molecular formula is C16H13FN2O2. The zero-order chi connectivity index (χ0) is 15.0. The summed E-state index contributed by atoms with van der Waals surface area (Å²) >= 11 is 0. The second-order valence-electron chi connectivity index (χ2n) is 4.67. The van der Waals surface area contributed by atoms with E-state index in [2.05, 4.69) is 9.97 Å². The van der Waals surface area contributed by atoms with Crippen LogP contribution in [0.1, 0.15) is 5.56 Å². The lowest BCUT2D eigenvalue weighted by Gasteiger charge is -2.10. The summed E-state index contributed by atoms with van der Waals surface area (Å²) in [6.45, 7) is 1.86. The normalized spacial score (nSPS) is 10.8. The van der Waals surface area contributed by atoms with E-state index in [4.69, 9.17) is 4.74 Å². The van der Waals surface area contributed by atoms with Gasteiger partial charge in [-0.05, 0) is 43.3 Å². The van der Waals surface area contributed by atoms with Crippen molar-refractivity contribution in [3.63, 3.8) is 0 Å². The quantitative estimate of drug-likeness (QED) is 0.783. The average Bonchev–Trinajstić information content (AvgIpc) is 2.49. The molecule has 3 aromatic rings. The third kappa shape index (κ3) is 2.27. The van der Waals surface area contributed by atoms with Gasteiger partial charge in [0.05, 0.1) is 18.0 Å². The summed E-state index contributed by atoms with van der Waals surface area (Å²) in [5.74, 6) is 0.591. The molecule has 2 aromatic carbocycles. The van der Waals surface area contributed by atoms with Gasteiger partial charge in [-0.2, -0.15) is 4.98 Å². The molecule has 1 aromatic heterocycles. The lowest BCUT2D eigenvalue weighted by Crippen LogP contribution is -1.95. The molecule has 4 nitrogen and oxygen atoms in total. The van der Waals surface area contributed by atoms with E-state index >= 15 is 0 Å². The van der Waals surface area contributed by atoms with Crippen LogP contribution in [0.4, 0.5) is 4.39 Å². The molecule has 0 aliphatic rings. The van der Waals surface area contributed by atoms with Crippen LogP contribution in [0.5, 0.6) is 11.6 Å². The van der Waals surface area contributed by atoms with Crippen LogP contribution in [0, 0.1) is 12.7 Å². The van der Waals surface area contributed by atoms with Gasteiger partial charge < -0.3 is 9.84 Å². The molecule has 0 saturated carbocycles. The Bertz CT molecular complexity index is 817. The Balaban J connectivity index is 2.26. The molecule has 0 atom stereocenters. The molecule has 0 spiro atoms. The Kier molecular flexibility index (Phi) is 3.17. The van der Waals surface area contributed by atoms with E-state index < -0.39 is 0 Å². The highest BCUT2D eigenvalue weighted by Crippen LogP contribution is 2.31. The molecule has 106 valence electrons. The topological polar surface area (TPSA) is 55.2 Å². The first-order valence-corrected chi connectivity index (χ1v) is 6.40. The minimum Gasteiger partial charge on any atom is -0.496 e. The Morgan fingerprint density at radius 3 is 2.43 bits per heavy atom. The van der Waals surface area contributed by atoms with Gasteiger partial charge in [-0.3, -0.25) is 0 Å². The minimum atomic E-state index is -0.332. The van der Waals surface area contributed by atoms with E-state index in [1.807, 2.05) is 6.92 Å². The van der Waals surface area contributed by atoms with Gasteiger partial charge in [-0.25, -0.2) is 9.37 Å². The Morgan fingerprint density at radius 1 is 1.05 bits per heavy atom. The molecule has 0 fully saturated rings. The van der Waals surface area contributed by atoms with E-state index in [0.717, 1.165) is 5.56 Å². The molecule has 0 bridgehead atoms. The number of ether oxygens (including phenoxy) is 1. The number of aromatic hydroxyl groups is 1. The van der Waals surface area contributed by atoms with Crippen molar-refractivity contribution < 1.29 is 14.2 Å². The van der Waals surface area contributed by atoms with E-state index in [0.29, 0.717) is 28.0 Å². The summed E-state index contributed by atoms with van der Waals surface area (Å²) in [7, 11) is 1.58. The number of hydrogen-bond acceptors (Lipinski definition) is 4. The van der Waals surface area contributed by atoms with Gasteiger partial charge in [0, 0.05) is 11.1 Å². The smallest absolute Gasteiger partial charge is 0.222 e. The summed E-state index contributed by atoms with van der Waals surface area (Å²) in [4.78, 5) is 8.55. The predicted octanol–water partition coefficient (Wildman–Crippen LogP) is 3.46. The van der Waals surface area contributed by atoms with Crippen molar-refractivity contribution in [1.82, 2.24) is 9.97 Å². The summed E-state index contributed by atoms with van der Waals surface area (Å²) in [6, 6.07) is 9.29. The number of hydrogen-bond donors (Lipinski definition) is 1. The summed E-state index contributed by atoms with van der Waals surface area (Å²) < 4.78 is 18.3. The second-order valence-corrected chi connectivity index (χ2v) is 4.67. The van der Waals surface area contributed by atoms with E-state index in [1.54, 1.807) is 31.4 Å². The molecule has 5 heteroatoms. The van der Waals surface area contributed by atoms with Gasteiger partial charge >= 0.3 is 0 Å². The van der Waals surface area contributed by atoms with Crippen molar-refractivity contribution in [2.24, 2.45) is 0 Å². The molecule has 1 heterocycles. The first-order chi connectivity index (χ1) is 10.1. The van der Waals surface area contributed by atoms with Gasteiger partial charge in [0.2, 0.25) is 5.88 Å². The molecule has 0 amide bonds. The van der Waals surface area contributed by atoms with Crippen LogP contribution in [0.3, 0.4) is 0 Å². The van der Waals surface area contributed by atoms with Gasteiger partial charge in [0.25, 0.3) is 0 Å². The lowest BCUT2D eigenvalue weighted by atomic mass is 10.1. The summed E-state index contributed by atoms with van der Waals surface area (Å²) in [5.41, 5.74) is 2.06. The van der Waals surface area contributed by atoms with Crippen LogP contribution in [0.25, 0.3) is 22.3 Å². The number of nitrogens with zero attached hydrogens (tertiary/aromatic N) is 2. The summed E-state index contributed by atoms with van der Waals surface area (Å²) in [6.07, 6.45) is 0. The van der Waals surface area contributed by atoms with Crippen LogP contribution in [0.15, 0.2) is 36.4 Å². The predicted molar refractivity (Wildman–Crippen MR) is 77.9 cm³/mol. The first kappa shape index (κ1) is 13.3. The lowest BCUT2D eigenvalue weighted by molar-refractivity contribution is 0.412. The third-order valence-electron chi connectivity index (χ3n) is 3.37. The monoisotopic (exact) mass is 284 g/mol. The van der Waals surface area contributed by atoms with Crippen molar-refractivity contribution in [1.29, 1.82) is 0 Å². The van der Waals surface area contributed by atoms with E-state index in [-0.39, 0.29) is 11.7 Å². The second kappa shape index (κ2) is 5.01. The highest BCUT2D eigenvalue weighted by molar-refractivity contribution is 5.89. The molecule has 0 radical (unpaired) electrons. The molecule has 3 rings (SSSR count). The maximum atomic E-state index is 13.0. The SMILES string of the molecule is COc1ccc2c(O)nc(-c3ccc(F)cc3)nc2c1C. The van der Waals surface area contributed by atoms with Crippen LogP contribution in [0.2, 0.25) is 0 Å². The van der Waals surface area contributed by atoms with Gasteiger partial charge in [-0.15, -0.1) is 0 Å². The fraction of sp³-hybridized carbons (Fsp3) is 0.125. The van der Waals surface area contributed by atoms with Crippen molar-refractivity contribution in [2.75, 3.05) is 7.11 Å². The number of methoxy groups -OCH3 is 1. The molecule has 0 saturated heterocycles. The van der Waals surface area contributed by atoms with Gasteiger partial charge in [0.15, 0.2) is 5.82 Å². The number of benzene rings is 2. The van der Waals surface area contributed by atoms with Crippen LogP contribution in [-0.4, -0.2) is 22.2 Å². The van der Waals surface area contributed by atoms with Crippen molar-refractivity contribution >= 4 is 10.9 Å². The Labute approximate surface area is 120 Å². The zero-order valence-corrected chi connectivity index (χ0v) is 11.6. The Morgan fingerprint density at radius 2 is 1.76 bits per heavy atom. The largest absolute Gasteiger partial charge is 0.496 e. The van der Waals surface area contributed by atoms with Crippen molar-refractivity contribution in [3.05, 3.63) is 47.8 Å². The highest BCUT2D eigenvalue weighted by Gasteiger charge is 2.13. The average molecular weight is 284 g/mol. The highest BCUT2D eigenvalue weighted by atomic mass is 19.1. The number of aromatic nitrogens is 2. The van der Waals surface area contributed by atoms with Gasteiger partial charge in [-0.1, -0.05) is 0 Å². The van der Waals surface area contributed by atoms with Crippen molar-refractivity contribution in [2.45, 2.75) is 6.92 Å². The molecule has 0 unspecified atom stereocenters.